The molecule has 160 valence electrons. The summed E-state index contributed by atoms with van der Waals surface area (Å²) in [7, 11) is 1.45. The topological polar surface area (TPSA) is 73.7 Å². The number of ether oxygens (including phenoxy) is 2. The molecule has 0 spiro atoms. The van der Waals surface area contributed by atoms with Gasteiger partial charge in [0, 0.05) is 24.2 Å². The Kier molecular flexibility index (Phi) is 6.08. The number of nitrogens with zero attached hydrogens (tertiary/aromatic N) is 3. The highest BCUT2D eigenvalue weighted by Gasteiger charge is 2.26. The lowest BCUT2D eigenvalue weighted by atomic mass is 10.1. The van der Waals surface area contributed by atoms with Crippen LogP contribution in [0.25, 0.3) is 11.3 Å². The Hall–Kier alpha value is -3.52. The molecule has 3 aromatic rings. The van der Waals surface area contributed by atoms with E-state index in [1.165, 1.54) is 31.4 Å². The number of amides is 1. The number of hydrogen-bond donors (Lipinski definition) is 0. The van der Waals surface area contributed by atoms with Crippen molar-refractivity contribution >= 4 is 5.91 Å². The molecule has 0 aliphatic carbocycles. The summed E-state index contributed by atoms with van der Waals surface area (Å²) in [6.07, 6.45) is -0.219. The third-order valence-corrected chi connectivity index (χ3v) is 5.19. The molecule has 1 amide bonds. The number of benzene rings is 2. The maximum Gasteiger partial charge on any atom is 0.267 e. The molecule has 1 unspecified atom stereocenters. The largest absolute Gasteiger partial charge is 0.497 e. The minimum atomic E-state index is -0.526. The molecule has 8 heteroatoms. The number of hydrogen-bond acceptors (Lipinski definition) is 5. The van der Waals surface area contributed by atoms with E-state index in [0.717, 1.165) is 10.2 Å². The van der Waals surface area contributed by atoms with Crippen LogP contribution in [0.4, 0.5) is 4.39 Å². The number of rotatable bonds is 5. The van der Waals surface area contributed by atoms with Crippen LogP contribution < -0.4 is 10.3 Å². The van der Waals surface area contributed by atoms with Crippen molar-refractivity contribution in [2.75, 3.05) is 26.8 Å². The predicted octanol–water partition coefficient (Wildman–Crippen LogP) is 2.66. The van der Waals surface area contributed by atoms with Gasteiger partial charge < -0.3 is 14.4 Å². The summed E-state index contributed by atoms with van der Waals surface area (Å²) in [6.45, 7) is 1.00. The Morgan fingerprint density at radius 2 is 2.00 bits per heavy atom. The van der Waals surface area contributed by atoms with Crippen LogP contribution in [0.5, 0.6) is 5.75 Å². The average Bonchev–Trinajstić information content (AvgIpc) is 2.81. The second-order valence-electron chi connectivity index (χ2n) is 7.17. The van der Waals surface area contributed by atoms with E-state index in [1.807, 2.05) is 30.3 Å². The van der Waals surface area contributed by atoms with E-state index >= 15 is 0 Å². The maximum atomic E-state index is 14.4. The van der Waals surface area contributed by atoms with E-state index in [1.54, 1.807) is 11.0 Å². The van der Waals surface area contributed by atoms with E-state index in [4.69, 9.17) is 9.47 Å². The molecular formula is C23H22FN3O4. The summed E-state index contributed by atoms with van der Waals surface area (Å²) in [5.74, 6) is -0.390. The van der Waals surface area contributed by atoms with Crippen LogP contribution in [0.1, 0.15) is 11.7 Å². The predicted molar refractivity (Wildman–Crippen MR) is 112 cm³/mol. The van der Waals surface area contributed by atoms with Crippen molar-refractivity contribution < 1.29 is 18.7 Å². The Labute approximate surface area is 178 Å². The molecule has 31 heavy (non-hydrogen) atoms. The summed E-state index contributed by atoms with van der Waals surface area (Å²) in [5, 5.41) is 4.22. The number of carbonyl (C=O) groups is 1. The van der Waals surface area contributed by atoms with Gasteiger partial charge in [0.25, 0.3) is 5.56 Å². The van der Waals surface area contributed by atoms with E-state index in [0.29, 0.717) is 25.4 Å². The van der Waals surface area contributed by atoms with Crippen molar-refractivity contribution in [2.45, 2.75) is 12.6 Å². The second-order valence-corrected chi connectivity index (χ2v) is 7.17. The first-order valence-corrected chi connectivity index (χ1v) is 9.91. The lowest BCUT2D eigenvalue weighted by Gasteiger charge is -2.33. The van der Waals surface area contributed by atoms with Gasteiger partial charge in [-0.3, -0.25) is 9.59 Å². The zero-order valence-corrected chi connectivity index (χ0v) is 17.0. The van der Waals surface area contributed by atoms with Gasteiger partial charge in [-0.25, -0.2) is 9.07 Å². The summed E-state index contributed by atoms with van der Waals surface area (Å²) >= 11 is 0. The Bertz CT molecular complexity index is 1130. The highest BCUT2D eigenvalue weighted by molar-refractivity contribution is 5.76. The zero-order chi connectivity index (χ0) is 21.8. The van der Waals surface area contributed by atoms with Gasteiger partial charge in [-0.05, 0) is 23.8 Å². The first kappa shape index (κ1) is 20.7. The quantitative estimate of drug-likeness (QED) is 0.631. The normalized spacial score (nSPS) is 16.2. The Balaban J connectivity index is 1.52. The van der Waals surface area contributed by atoms with E-state index in [9.17, 15) is 14.0 Å². The molecule has 1 aliphatic rings. The SMILES string of the molecule is COc1ccc(-c2ccc(=O)n(CC(=O)N3CCOC(c4ccccc4)C3)n2)c(F)c1. The number of halogens is 1. The molecule has 2 heterocycles. The first-order chi connectivity index (χ1) is 15.0. The standard InChI is InChI=1S/C23H22FN3O4/c1-30-17-7-8-18(19(24)13-17)20-9-10-22(28)27(25-20)15-23(29)26-11-12-31-21(14-26)16-5-3-2-4-6-16/h2-10,13,21H,11-12,14-15H2,1H3. The van der Waals surface area contributed by atoms with Crippen molar-refractivity contribution in [1.82, 2.24) is 14.7 Å². The monoisotopic (exact) mass is 423 g/mol. The minimum absolute atomic E-state index is 0.219. The van der Waals surface area contributed by atoms with Gasteiger partial charge in [0.1, 0.15) is 24.2 Å². The molecule has 0 saturated carbocycles. The van der Waals surface area contributed by atoms with Gasteiger partial charge in [-0.1, -0.05) is 30.3 Å². The fourth-order valence-electron chi connectivity index (χ4n) is 3.51. The molecule has 0 N–H and O–H groups in total. The van der Waals surface area contributed by atoms with Gasteiger partial charge in [-0.15, -0.1) is 0 Å². The van der Waals surface area contributed by atoms with Crippen LogP contribution in [0.3, 0.4) is 0 Å². The van der Waals surface area contributed by atoms with Crippen LogP contribution in [0.2, 0.25) is 0 Å². The lowest BCUT2D eigenvalue weighted by molar-refractivity contribution is -0.139. The number of methoxy groups -OCH3 is 1. The van der Waals surface area contributed by atoms with E-state index < -0.39 is 11.4 Å². The third kappa shape index (κ3) is 4.64. The van der Waals surface area contributed by atoms with Crippen molar-refractivity contribution in [3.63, 3.8) is 0 Å². The summed E-state index contributed by atoms with van der Waals surface area (Å²) in [5.41, 5.74) is 1.04. The average molecular weight is 423 g/mol. The minimum Gasteiger partial charge on any atom is -0.497 e. The third-order valence-electron chi connectivity index (χ3n) is 5.19. The maximum absolute atomic E-state index is 14.4. The van der Waals surface area contributed by atoms with Crippen LogP contribution >= 0.6 is 0 Å². The summed E-state index contributed by atoms with van der Waals surface area (Å²) in [6, 6.07) is 16.8. The molecule has 1 fully saturated rings. The molecule has 4 rings (SSSR count). The summed E-state index contributed by atoms with van der Waals surface area (Å²) in [4.78, 5) is 26.8. The van der Waals surface area contributed by atoms with Crippen LogP contribution in [-0.4, -0.2) is 47.4 Å². The van der Waals surface area contributed by atoms with Crippen molar-refractivity contribution in [3.8, 4) is 17.0 Å². The number of aromatic nitrogens is 2. The molecular weight excluding hydrogens is 401 g/mol. The summed E-state index contributed by atoms with van der Waals surface area (Å²) < 4.78 is 26.3. The van der Waals surface area contributed by atoms with Gasteiger partial charge in [0.05, 0.1) is 26.0 Å². The van der Waals surface area contributed by atoms with E-state index in [-0.39, 0.29) is 29.8 Å². The van der Waals surface area contributed by atoms with Gasteiger partial charge >= 0.3 is 0 Å². The molecule has 1 aliphatic heterocycles. The molecule has 1 aromatic heterocycles. The van der Waals surface area contributed by atoms with Crippen LogP contribution in [-0.2, 0) is 16.1 Å². The van der Waals surface area contributed by atoms with Gasteiger partial charge in [0.2, 0.25) is 5.91 Å². The van der Waals surface area contributed by atoms with Crippen LogP contribution in [0.15, 0.2) is 65.5 Å². The van der Waals surface area contributed by atoms with Crippen LogP contribution in [0, 0.1) is 5.82 Å². The highest BCUT2D eigenvalue weighted by atomic mass is 19.1. The molecule has 2 aromatic carbocycles. The lowest BCUT2D eigenvalue weighted by Crippen LogP contribution is -2.44. The van der Waals surface area contributed by atoms with Crippen molar-refractivity contribution in [1.29, 1.82) is 0 Å². The fraction of sp³-hybridized carbons (Fsp3) is 0.261. The number of morpholine rings is 1. The Morgan fingerprint density at radius 3 is 2.74 bits per heavy atom. The molecule has 7 nitrogen and oxygen atoms in total. The number of carbonyl (C=O) groups excluding carboxylic acids is 1. The van der Waals surface area contributed by atoms with Crippen molar-refractivity contribution in [2.24, 2.45) is 0 Å². The van der Waals surface area contributed by atoms with E-state index in [2.05, 4.69) is 5.10 Å². The smallest absolute Gasteiger partial charge is 0.267 e. The molecule has 1 atom stereocenters. The molecule has 0 bridgehead atoms. The molecule has 1 saturated heterocycles. The highest BCUT2D eigenvalue weighted by Crippen LogP contribution is 2.24. The fourth-order valence-corrected chi connectivity index (χ4v) is 3.51. The second kappa shape index (κ2) is 9.09. The Morgan fingerprint density at radius 1 is 1.19 bits per heavy atom. The zero-order valence-electron chi connectivity index (χ0n) is 17.0. The van der Waals surface area contributed by atoms with Crippen molar-refractivity contribution in [3.05, 3.63) is 82.4 Å². The van der Waals surface area contributed by atoms with Gasteiger partial charge in [-0.2, -0.15) is 5.10 Å². The molecule has 0 radical (unpaired) electrons. The first-order valence-electron chi connectivity index (χ1n) is 9.91. The van der Waals surface area contributed by atoms with Gasteiger partial charge in [0.15, 0.2) is 0 Å².